The molecule has 0 aromatic heterocycles. The van der Waals surface area contributed by atoms with E-state index < -0.39 is 0 Å². The Balaban J connectivity index is 2.79. The molecule has 0 radical (unpaired) electrons. The molecule has 0 saturated heterocycles. The summed E-state index contributed by atoms with van der Waals surface area (Å²) >= 11 is 3.23. The van der Waals surface area contributed by atoms with Gasteiger partial charge in [-0.1, -0.05) is 28.1 Å². The zero-order valence-electron chi connectivity index (χ0n) is 8.79. The van der Waals surface area contributed by atoms with Gasteiger partial charge in [0.2, 0.25) is 5.91 Å². The SMILES string of the molecule is COc1ccc(CC(Br)C(N)=O)cc1C. The van der Waals surface area contributed by atoms with Crippen molar-refractivity contribution in [1.82, 2.24) is 0 Å². The number of amides is 1. The maximum atomic E-state index is 10.9. The zero-order chi connectivity index (χ0) is 11.4. The smallest absolute Gasteiger partial charge is 0.231 e. The summed E-state index contributed by atoms with van der Waals surface area (Å²) in [4.78, 5) is 10.5. The molecule has 0 heterocycles. The first-order valence-corrected chi connectivity index (χ1v) is 5.53. The molecule has 0 aliphatic heterocycles. The predicted molar refractivity (Wildman–Crippen MR) is 63.3 cm³/mol. The molecule has 0 aliphatic carbocycles. The van der Waals surface area contributed by atoms with E-state index in [1.165, 1.54) is 0 Å². The average Bonchev–Trinajstić information content (AvgIpc) is 2.18. The van der Waals surface area contributed by atoms with Gasteiger partial charge in [0, 0.05) is 0 Å². The predicted octanol–water partition coefficient (Wildman–Crippen LogP) is 1.79. The topological polar surface area (TPSA) is 52.3 Å². The molecule has 0 spiro atoms. The van der Waals surface area contributed by atoms with E-state index >= 15 is 0 Å². The number of alkyl halides is 1. The molecule has 0 aliphatic rings. The minimum Gasteiger partial charge on any atom is -0.496 e. The summed E-state index contributed by atoms with van der Waals surface area (Å²) in [5.41, 5.74) is 7.29. The van der Waals surface area contributed by atoms with Crippen LogP contribution in [0, 0.1) is 6.92 Å². The Hall–Kier alpha value is -1.03. The molecule has 15 heavy (non-hydrogen) atoms. The van der Waals surface area contributed by atoms with E-state index in [9.17, 15) is 4.79 Å². The number of carbonyl (C=O) groups is 1. The third-order valence-electron chi connectivity index (χ3n) is 2.18. The average molecular weight is 272 g/mol. The number of hydrogen-bond donors (Lipinski definition) is 1. The van der Waals surface area contributed by atoms with Gasteiger partial charge in [-0.05, 0) is 30.5 Å². The van der Waals surface area contributed by atoms with E-state index in [-0.39, 0.29) is 10.7 Å². The van der Waals surface area contributed by atoms with E-state index in [1.807, 2.05) is 25.1 Å². The minimum atomic E-state index is -0.344. The molecule has 3 nitrogen and oxygen atoms in total. The van der Waals surface area contributed by atoms with Crippen LogP contribution in [0.2, 0.25) is 0 Å². The molecule has 1 atom stereocenters. The first-order valence-electron chi connectivity index (χ1n) is 4.61. The van der Waals surface area contributed by atoms with Crippen molar-refractivity contribution in [2.45, 2.75) is 18.2 Å². The maximum absolute atomic E-state index is 10.9. The maximum Gasteiger partial charge on any atom is 0.231 e. The molecule has 1 rings (SSSR count). The number of aryl methyl sites for hydroxylation is 1. The van der Waals surface area contributed by atoms with Crippen molar-refractivity contribution in [3.63, 3.8) is 0 Å². The number of primary amides is 1. The van der Waals surface area contributed by atoms with Crippen LogP contribution in [-0.2, 0) is 11.2 Å². The number of benzene rings is 1. The van der Waals surface area contributed by atoms with Crippen LogP contribution < -0.4 is 10.5 Å². The van der Waals surface area contributed by atoms with E-state index in [4.69, 9.17) is 10.5 Å². The molecule has 1 amide bonds. The molecule has 1 aromatic rings. The number of nitrogens with two attached hydrogens (primary N) is 1. The van der Waals surface area contributed by atoms with Gasteiger partial charge >= 0.3 is 0 Å². The Bertz CT molecular complexity index is 366. The molecule has 82 valence electrons. The molecule has 0 bridgehead atoms. The van der Waals surface area contributed by atoms with Gasteiger partial charge in [-0.25, -0.2) is 0 Å². The molecule has 4 heteroatoms. The van der Waals surface area contributed by atoms with Crippen LogP contribution in [-0.4, -0.2) is 17.8 Å². The number of halogens is 1. The van der Waals surface area contributed by atoms with E-state index in [1.54, 1.807) is 7.11 Å². The highest BCUT2D eigenvalue weighted by molar-refractivity contribution is 9.10. The Kier molecular flexibility index (Phi) is 4.15. The van der Waals surface area contributed by atoms with Crippen LogP contribution in [0.15, 0.2) is 18.2 Å². The van der Waals surface area contributed by atoms with Crippen molar-refractivity contribution >= 4 is 21.8 Å². The quantitative estimate of drug-likeness (QED) is 0.850. The van der Waals surface area contributed by atoms with E-state index in [2.05, 4.69) is 15.9 Å². The third-order valence-corrected chi connectivity index (χ3v) is 2.96. The van der Waals surface area contributed by atoms with Crippen molar-refractivity contribution in [2.75, 3.05) is 7.11 Å². The van der Waals surface area contributed by atoms with Crippen LogP contribution in [0.3, 0.4) is 0 Å². The van der Waals surface area contributed by atoms with Crippen molar-refractivity contribution < 1.29 is 9.53 Å². The number of carbonyl (C=O) groups excluding carboxylic acids is 1. The summed E-state index contributed by atoms with van der Waals surface area (Å²) in [6.07, 6.45) is 0.597. The summed E-state index contributed by atoms with van der Waals surface area (Å²) < 4.78 is 5.15. The first kappa shape index (κ1) is 12.0. The van der Waals surface area contributed by atoms with Gasteiger partial charge in [0.1, 0.15) is 5.75 Å². The zero-order valence-corrected chi connectivity index (χ0v) is 10.4. The highest BCUT2D eigenvalue weighted by Gasteiger charge is 2.12. The fourth-order valence-corrected chi connectivity index (χ4v) is 1.75. The molecular weight excluding hydrogens is 258 g/mol. The Labute approximate surface area is 97.7 Å². The summed E-state index contributed by atoms with van der Waals surface area (Å²) in [5.74, 6) is 0.507. The number of rotatable bonds is 4. The van der Waals surface area contributed by atoms with Gasteiger partial charge in [-0.2, -0.15) is 0 Å². The normalized spacial score (nSPS) is 12.2. The lowest BCUT2D eigenvalue weighted by molar-refractivity contribution is -0.117. The van der Waals surface area contributed by atoms with Crippen molar-refractivity contribution in [2.24, 2.45) is 5.73 Å². The highest BCUT2D eigenvalue weighted by Crippen LogP contribution is 2.20. The van der Waals surface area contributed by atoms with Crippen LogP contribution >= 0.6 is 15.9 Å². The second-order valence-electron chi connectivity index (χ2n) is 3.38. The summed E-state index contributed by atoms with van der Waals surface area (Å²) in [6, 6.07) is 5.82. The fourth-order valence-electron chi connectivity index (χ4n) is 1.38. The number of methoxy groups -OCH3 is 1. The standard InChI is InChI=1S/C11H14BrNO2/c1-7-5-8(3-4-10(7)15-2)6-9(12)11(13)14/h3-5,9H,6H2,1-2H3,(H2,13,14). The largest absolute Gasteiger partial charge is 0.496 e. The van der Waals surface area contributed by atoms with Crippen molar-refractivity contribution in [3.8, 4) is 5.75 Å². The lowest BCUT2D eigenvalue weighted by atomic mass is 10.1. The van der Waals surface area contributed by atoms with E-state index in [0.29, 0.717) is 6.42 Å². The molecule has 0 fully saturated rings. The number of hydrogen-bond acceptors (Lipinski definition) is 2. The van der Waals surface area contributed by atoms with Crippen LogP contribution in [0.1, 0.15) is 11.1 Å². The number of ether oxygens (including phenoxy) is 1. The second kappa shape index (κ2) is 5.16. The fraction of sp³-hybridized carbons (Fsp3) is 0.364. The summed E-state index contributed by atoms with van der Waals surface area (Å²) in [7, 11) is 1.64. The van der Waals surface area contributed by atoms with Crippen molar-refractivity contribution in [3.05, 3.63) is 29.3 Å². The first-order chi connectivity index (χ1) is 7.04. The van der Waals surface area contributed by atoms with Gasteiger partial charge in [0.15, 0.2) is 0 Å². The second-order valence-corrected chi connectivity index (χ2v) is 4.48. The van der Waals surface area contributed by atoms with E-state index in [0.717, 1.165) is 16.9 Å². The Morgan fingerprint density at radius 2 is 2.27 bits per heavy atom. The summed E-state index contributed by atoms with van der Waals surface area (Å²) in [6.45, 7) is 1.97. The van der Waals surface area contributed by atoms with Gasteiger partial charge in [-0.3, -0.25) is 4.79 Å². The van der Waals surface area contributed by atoms with Gasteiger partial charge < -0.3 is 10.5 Å². The van der Waals surface area contributed by atoms with Gasteiger partial charge in [0.25, 0.3) is 0 Å². The molecule has 1 unspecified atom stereocenters. The van der Waals surface area contributed by atoms with Gasteiger partial charge in [-0.15, -0.1) is 0 Å². The Morgan fingerprint density at radius 1 is 1.60 bits per heavy atom. The third kappa shape index (κ3) is 3.23. The molecule has 1 aromatic carbocycles. The lowest BCUT2D eigenvalue weighted by Crippen LogP contribution is -2.24. The Morgan fingerprint density at radius 3 is 2.73 bits per heavy atom. The van der Waals surface area contributed by atoms with Crippen LogP contribution in [0.5, 0.6) is 5.75 Å². The summed E-state index contributed by atoms with van der Waals surface area (Å²) in [5, 5.41) is 0. The molecule has 2 N–H and O–H groups in total. The van der Waals surface area contributed by atoms with Gasteiger partial charge in [0.05, 0.1) is 11.9 Å². The van der Waals surface area contributed by atoms with Crippen LogP contribution in [0.4, 0.5) is 0 Å². The van der Waals surface area contributed by atoms with Crippen molar-refractivity contribution in [1.29, 1.82) is 0 Å². The monoisotopic (exact) mass is 271 g/mol. The molecular formula is C11H14BrNO2. The highest BCUT2D eigenvalue weighted by atomic mass is 79.9. The molecule has 0 saturated carbocycles. The minimum absolute atomic E-state index is 0.315. The van der Waals surface area contributed by atoms with Crippen LogP contribution in [0.25, 0.3) is 0 Å². The lowest BCUT2D eigenvalue weighted by Gasteiger charge is -2.09.